The van der Waals surface area contributed by atoms with Crippen LogP contribution < -0.4 is 21.2 Å². The monoisotopic (exact) mass is 255 g/mol. The number of rotatable bonds is 1. The third kappa shape index (κ3) is 2.29. The molecule has 58 valence electrons. The van der Waals surface area contributed by atoms with Gasteiger partial charge in [-0.1, -0.05) is 0 Å². The molecule has 0 spiro atoms. The molecule has 0 rings (SSSR count). The zero-order chi connectivity index (χ0) is 7.71. The molecular weight excluding hydrogens is 248 g/mol. The molecule has 0 aromatic carbocycles. The summed E-state index contributed by atoms with van der Waals surface area (Å²) in [4.78, 5) is 1.40. The molecule has 0 aliphatic rings. The SMILES string of the molecule is C[I-]C(C)(O)C(F)(F)F. The Morgan fingerprint density at radius 2 is 1.67 bits per heavy atom. The maximum atomic E-state index is 11.6. The fourth-order valence-corrected chi connectivity index (χ4v) is 0.719. The third-order valence-electron chi connectivity index (χ3n) is 0.885. The summed E-state index contributed by atoms with van der Waals surface area (Å²) in [5, 5.41) is 8.58. The van der Waals surface area contributed by atoms with E-state index in [4.69, 9.17) is 5.11 Å². The van der Waals surface area contributed by atoms with Crippen molar-refractivity contribution in [3.63, 3.8) is 0 Å². The van der Waals surface area contributed by atoms with Gasteiger partial charge in [0.2, 0.25) is 0 Å². The molecular formula is C4H7F3IO-. The van der Waals surface area contributed by atoms with Crippen LogP contribution in [-0.2, 0) is 0 Å². The van der Waals surface area contributed by atoms with Gasteiger partial charge >= 0.3 is 61.1 Å². The molecule has 0 bridgehead atoms. The average Bonchev–Trinajstić information content (AvgIpc) is 1.64. The van der Waals surface area contributed by atoms with Gasteiger partial charge in [0, 0.05) is 0 Å². The van der Waals surface area contributed by atoms with E-state index in [0.29, 0.717) is 0 Å². The van der Waals surface area contributed by atoms with E-state index in [0.717, 1.165) is 6.92 Å². The van der Waals surface area contributed by atoms with Gasteiger partial charge in [-0.25, -0.2) is 0 Å². The fourth-order valence-electron chi connectivity index (χ4n) is 0.107. The van der Waals surface area contributed by atoms with E-state index in [1.807, 2.05) is 0 Å². The fraction of sp³-hybridized carbons (Fsp3) is 1.00. The van der Waals surface area contributed by atoms with Crippen LogP contribution in [0.5, 0.6) is 0 Å². The van der Waals surface area contributed by atoms with Crippen molar-refractivity contribution in [3.05, 3.63) is 0 Å². The Bertz CT molecular complexity index is 98.5. The number of halogens is 4. The van der Waals surface area contributed by atoms with Crippen LogP contribution in [0.15, 0.2) is 0 Å². The van der Waals surface area contributed by atoms with Crippen molar-refractivity contribution in [3.8, 4) is 0 Å². The Morgan fingerprint density at radius 1 is 1.33 bits per heavy atom. The van der Waals surface area contributed by atoms with Crippen LogP contribution in [-0.4, -0.2) is 19.8 Å². The summed E-state index contributed by atoms with van der Waals surface area (Å²) in [5.41, 5.74) is 0. The van der Waals surface area contributed by atoms with Gasteiger partial charge in [-0.05, 0) is 0 Å². The minimum atomic E-state index is -4.45. The maximum absolute atomic E-state index is 11.6. The standard InChI is InChI=1S/C4H7F3IO/c1-3(9,8-2)4(5,6)7/h9H,1-2H3/q-1. The van der Waals surface area contributed by atoms with Gasteiger partial charge in [-0.3, -0.25) is 0 Å². The molecule has 0 fully saturated rings. The molecule has 0 saturated heterocycles. The summed E-state index contributed by atoms with van der Waals surface area (Å²) in [5.74, 6) is 0. The predicted octanol–water partition coefficient (Wildman–Crippen LogP) is -2.02. The van der Waals surface area contributed by atoms with Crippen LogP contribution >= 0.6 is 0 Å². The van der Waals surface area contributed by atoms with Crippen molar-refractivity contribution in [2.24, 2.45) is 0 Å². The number of alkyl halides is 5. The van der Waals surface area contributed by atoms with Crippen LogP contribution in [0.3, 0.4) is 0 Å². The van der Waals surface area contributed by atoms with Crippen molar-refractivity contribution in [1.29, 1.82) is 0 Å². The first kappa shape index (κ1) is 9.48. The number of aliphatic hydroxyl groups is 1. The number of hydrogen-bond acceptors (Lipinski definition) is 1. The Labute approximate surface area is 61.5 Å². The average molecular weight is 255 g/mol. The minimum absolute atomic E-state index is 0.806. The Balaban J connectivity index is 4.14. The predicted molar refractivity (Wildman–Crippen MR) is 22.6 cm³/mol. The van der Waals surface area contributed by atoms with Gasteiger partial charge in [0.25, 0.3) is 0 Å². The van der Waals surface area contributed by atoms with E-state index in [9.17, 15) is 13.2 Å². The summed E-state index contributed by atoms with van der Waals surface area (Å²) >= 11 is -1.20. The Hall–Kier alpha value is 0.480. The van der Waals surface area contributed by atoms with Crippen molar-refractivity contribution in [1.82, 2.24) is 0 Å². The van der Waals surface area contributed by atoms with Crippen molar-refractivity contribution in [2.75, 3.05) is 4.93 Å². The van der Waals surface area contributed by atoms with Crippen LogP contribution in [0.25, 0.3) is 0 Å². The van der Waals surface area contributed by atoms with E-state index in [2.05, 4.69) is 0 Å². The van der Waals surface area contributed by atoms with E-state index >= 15 is 0 Å². The second-order valence-electron chi connectivity index (χ2n) is 1.64. The van der Waals surface area contributed by atoms with Gasteiger partial charge in [0.1, 0.15) is 0 Å². The Kier molecular flexibility index (Phi) is 2.75. The first-order valence-corrected chi connectivity index (χ1v) is 5.34. The molecule has 5 heteroatoms. The van der Waals surface area contributed by atoms with Crippen molar-refractivity contribution < 1.29 is 39.5 Å². The number of hydrogen-bond donors (Lipinski definition) is 1. The Morgan fingerprint density at radius 3 is 1.67 bits per heavy atom. The normalized spacial score (nSPS) is 19.8. The summed E-state index contributed by atoms with van der Waals surface area (Å²) in [6.07, 6.45) is -4.45. The first-order valence-electron chi connectivity index (χ1n) is 2.11. The molecule has 1 unspecified atom stereocenters. The van der Waals surface area contributed by atoms with Crippen LogP contribution in [0.2, 0.25) is 0 Å². The summed E-state index contributed by atoms with van der Waals surface area (Å²) < 4.78 is 32.4. The third-order valence-corrected chi connectivity index (χ3v) is 3.60. The van der Waals surface area contributed by atoms with E-state index in [1.165, 1.54) is 4.93 Å². The summed E-state index contributed by atoms with van der Waals surface area (Å²) in [6.45, 7) is 0.806. The van der Waals surface area contributed by atoms with Gasteiger partial charge in [0.05, 0.1) is 0 Å². The van der Waals surface area contributed by atoms with Crippen LogP contribution in [0.1, 0.15) is 6.92 Å². The van der Waals surface area contributed by atoms with Gasteiger partial charge < -0.3 is 0 Å². The van der Waals surface area contributed by atoms with E-state index < -0.39 is 31.0 Å². The quantitative estimate of drug-likeness (QED) is 0.423. The zero-order valence-corrected chi connectivity index (χ0v) is 7.12. The molecule has 1 nitrogen and oxygen atoms in total. The van der Waals surface area contributed by atoms with Gasteiger partial charge in [-0.2, -0.15) is 0 Å². The topological polar surface area (TPSA) is 20.2 Å². The van der Waals surface area contributed by atoms with Gasteiger partial charge in [-0.15, -0.1) is 0 Å². The summed E-state index contributed by atoms with van der Waals surface area (Å²) in [7, 11) is 0. The summed E-state index contributed by atoms with van der Waals surface area (Å²) in [6, 6.07) is 0. The molecule has 0 heterocycles. The van der Waals surface area contributed by atoms with Gasteiger partial charge in [0.15, 0.2) is 0 Å². The van der Waals surface area contributed by atoms with Crippen molar-refractivity contribution >= 4 is 0 Å². The molecule has 0 aromatic rings. The molecule has 0 saturated carbocycles. The second kappa shape index (κ2) is 2.61. The van der Waals surface area contributed by atoms with Crippen LogP contribution in [0, 0.1) is 0 Å². The van der Waals surface area contributed by atoms with Crippen molar-refractivity contribution in [2.45, 2.75) is 16.7 Å². The molecule has 0 amide bonds. The second-order valence-corrected chi connectivity index (χ2v) is 4.82. The van der Waals surface area contributed by atoms with Crippen LogP contribution in [0.4, 0.5) is 13.2 Å². The zero-order valence-electron chi connectivity index (χ0n) is 4.96. The molecule has 9 heavy (non-hydrogen) atoms. The molecule has 1 N–H and O–H groups in total. The molecule has 0 aromatic heterocycles. The molecule has 0 radical (unpaired) electrons. The van der Waals surface area contributed by atoms with E-state index in [1.54, 1.807) is 0 Å². The molecule has 0 aliphatic carbocycles. The molecule has 1 atom stereocenters. The molecule has 0 aliphatic heterocycles. The van der Waals surface area contributed by atoms with E-state index in [-0.39, 0.29) is 0 Å². The first-order chi connectivity index (χ1) is 3.81.